The fourth-order valence-electron chi connectivity index (χ4n) is 2.11. The molecule has 2 aromatic rings. The van der Waals surface area contributed by atoms with Gasteiger partial charge in [-0.25, -0.2) is 8.42 Å². The molecule has 0 unspecified atom stereocenters. The topological polar surface area (TPSA) is 55.4 Å². The van der Waals surface area contributed by atoms with E-state index >= 15 is 0 Å². The molecule has 0 aliphatic rings. The van der Waals surface area contributed by atoms with Gasteiger partial charge in [-0.05, 0) is 56.2 Å². The maximum atomic E-state index is 12.5. The molecule has 21 heavy (non-hydrogen) atoms. The van der Waals surface area contributed by atoms with Gasteiger partial charge in [-0.2, -0.15) is 0 Å². The van der Waals surface area contributed by atoms with Crippen molar-refractivity contribution in [1.82, 2.24) is 0 Å². The third-order valence-corrected chi connectivity index (χ3v) is 5.03. The van der Waals surface area contributed by atoms with Gasteiger partial charge in [0, 0.05) is 5.69 Å². The summed E-state index contributed by atoms with van der Waals surface area (Å²) in [6, 6.07) is 10.5. The minimum Gasteiger partial charge on any atom is -0.496 e. The first kappa shape index (κ1) is 15.4. The quantitative estimate of drug-likeness (QED) is 0.941. The monoisotopic (exact) mass is 305 g/mol. The molecule has 2 aromatic carbocycles. The van der Waals surface area contributed by atoms with Crippen LogP contribution in [0.4, 0.5) is 5.69 Å². The number of nitrogens with one attached hydrogen (secondary N) is 1. The third-order valence-electron chi connectivity index (χ3n) is 3.50. The predicted octanol–water partition coefficient (Wildman–Crippen LogP) is 3.42. The summed E-state index contributed by atoms with van der Waals surface area (Å²) in [5.74, 6) is 0.682. The van der Waals surface area contributed by atoms with Crippen molar-refractivity contribution in [2.45, 2.75) is 25.7 Å². The van der Waals surface area contributed by atoms with E-state index in [1.54, 1.807) is 38.3 Å². The second-order valence-corrected chi connectivity index (χ2v) is 6.64. The van der Waals surface area contributed by atoms with Crippen LogP contribution in [0, 0.1) is 20.8 Å². The molecule has 0 bridgehead atoms. The van der Waals surface area contributed by atoms with Gasteiger partial charge in [-0.3, -0.25) is 4.72 Å². The number of hydrogen-bond donors (Lipinski definition) is 1. The molecule has 2 rings (SSSR count). The van der Waals surface area contributed by atoms with E-state index in [1.807, 2.05) is 26.0 Å². The lowest BCUT2D eigenvalue weighted by Crippen LogP contribution is -2.15. The van der Waals surface area contributed by atoms with Crippen molar-refractivity contribution in [3.8, 4) is 5.75 Å². The van der Waals surface area contributed by atoms with Crippen LogP contribution < -0.4 is 9.46 Å². The van der Waals surface area contributed by atoms with E-state index in [2.05, 4.69) is 4.72 Å². The zero-order valence-electron chi connectivity index (χ0n) is 12.6. The van der Waals surface area contributed by atoms with Crippen molar-refractivity contribution < 1.29 is 13.2 Å². The van der Waals surface area contributed by atoms with E-state index < -0.39 is 10.0 Å². The number of sulfonamides is 1. The van der Waals surface area contributed by atoms with Gasteiger partial charge >= 0.3 is 0 Å². The van der Waals surface area contributed by atoms with Gasteiger partial charge in [0.2, 0.25) is 0 Å². The highest BCUT2D eigenvalue weighted by molar-refractivity contribution is 7.92. The number of rotatable bonds is 4. The molecule has 0 amide bonds. The highest BCUT2D eigenvalue weighted by atomic mass is 32.2. The smallest absolute Gasteiger partial charge is 0.262 e. The van der Waals surface area contributed by atoms with Crippen LogP contribution in [0.25, 0.3) is 0 Å². The Morgan fingerprint density at radius 3 is 2.10 bits per heavy atom. The summed E-state index contributed by atoms with van der Waals surface area (Å²) in [4.78, 5) is 0.265. The van der Waals surface area contributed by atoms with Crippen LogP contribution in [0.1, 0.15) is 16.7 Å². The Morgan fingerprint density at radius 1 is 0.905 bits per heavy atom. The average molecular weight is 305 g/mol. The Balaban J connectivity index is 2.40. The SMILES string of the molecule is COc1ccc(S(=O)(=O)Nc2ccc(C)cc2)c(C)c1C. The summed E-state index contributed by atoms with van der Waals surface area (Å²) >= 11 is 0. The van der Waals surface area contributed by atoms with Crippen LogP contribution >= 0.6 is 0 Å². The van der Waals surface area contributed by atoms with Crippen LogP contribution in [0.2, 0.25) is 0 Å². The summed E-state index contributed by atoms with van der Waals surface area (Å²) in [5, 5.41) is 0. The summed E-state index contributed by atoms with van der Waals surface area (Å²) in [6.07, 6.45) is 0. The van der Waals surface area contributed by atoms with Gasteiger partial charge in [0.15, 0.2) is 0 Å². The van der Waals surface area contributed by atoms with E-state index in [4.69, 9.17) is 4.74 Å². The number of methoxy groups -OCH3 is 1. The number of ether oxygens (including phenoxy) is 1. The lowest BCUT2D eigenvalue weighted by molar-refractivity contribution is 0.411. The minimum atomic E-state index is -3.61. The van der Waals surface area contributed by atoms with Crippen LogP contribution in [0.15, 0.2) is 41.3 Å². The molecular formula is C16H19NO3S. The Labute approximate surface area is 125 Å². The molecule has 0 aliphatic carbocycles. The molecule has 0 radical (unpaired) electrons. The van der Waals surface area contributed by atoms with Gasteiger partial charge in [0.25, 0.3) is 10.0 Å². The molecule has 0 spiro atoms. The van der Waals surface area contributed by atoms with E-state index in [9.17, 15) is 8.42 Å². The van der Waals surface area contributed by atoms with Crippen LogP contribution in [-0.4, -0.2) is 15.5 Å². The highest BCUT2D eigenvalue weighted by Crippen LogP contribution is 2.28. The van der Waals surface area contributed by atoms with Crippen molar-refractivity contribution in [3.05, 3.63) is 53.1 Å². The van der Waals surface area contributed by atoms with Gasteiger partial charge in [-0.1, -0.05) is 17.7 Å². The fraction of sp³-hybridized carbons (Fsp3) is 0.250. The average Bonchev–Trinajstić information content (AvgIpc) is 2.44. The third kappa shape index (κ3) is 3.19. The van der Waals surface area contributed by atoms with E-state index in [1.165, 1.54) is 0 Å². The molecule has 0 atom stereocenters. The summed E-state index contributed by atoms with van der Waals surface area (Å²) in [6.45, 7) is 5.58. The Kier molecular flexibility index (Phi) is 4.23. The summed E-state index contributed by atoms with van der Waals surface area (Å²) in [5.41, 5.74) is 3.14. The van der Waals surface area contributed by atoms with Crippen LogP contribution in [-0.2, 0) is 10.0 Å². The molecule has 1 N–H and O–H groups in total. The lowest BCUT2D eigenvalue weighted by atomic mass is 10.1. The standard InChI is InChI=1S/C16H19NO3S/c1-11-5-7-14(8-6-11)17-21(18,19)16-10-9-15(20-4)12(2)13(16)3/h5-10,17H,1-4H3. The van der Waals surface area contributed by atoms with Gasteiger partial charge in [0.1, 0.15) is 5.75 Å². The van der Waals surface area contributed by atoms with Crippen LogP contribution in [0.3, 0.4) is 0 Å². The zero-order chi connectivity index (χ0) is 15.6. The molecule has 0 saturated heterocycles. The van der Waals surface area contributed by atoms with E-state index in [-0.39, 0.29) is 4.90 Å². The fourth-order valence-corrected chi connectivity index (χ4v) is 3.47. The lowest BCUT2D eigenvalue weighted by Gasteiger charge is -2.14. The van der Waals surface area contributed by atoms with Crippen molar-refractivity contribution in [2.75, 3.05) is 11.8 Å². The largest absolute Gasteiger partial charge is 0.496 e. The Hall–Kier alpha value is -2.01. The minimum absolute atomic E-state index is 0.265. The molecule has 5 heteroatoms. The first-order chi connectivity index (χ1) is 9.85. The van der Waals surface area contributed by atoms with Crippen molar-refractivity contribution in [1.29, 1.82) is 0 Å². The number of aryl methyl sites for hydroxylation is 1. The second kappa shape index (κ2) is 5.77. The van der Waals surface area contributed by atoms with Crippen molar-refractivity contribution in [2.24, 2.45) is 0 Å². The summed E-state index contributed by atoms with van der Waals surface area (Å²) in [7, 11) is -2.04. The van der Waals surface area contributed by atoms with Gasteiger partial charge in [0.05, 0.1) is 12.0 Å². The molecule has 0 aromatic heterocycles. The maximum Gasteiger partial charge on any atom is 0.262 e. The van der Waals surface area contributed by atoms with E-state index in [0.29, 0.717) is 17.0 Å². The molecule has 0 aliphatic heterocycles. The molecular weight excluding hydrogens is 286 g/mol. The summed E-state index contributed by atoms with van der Waals surface area (Å²) < 4.78 is 32.8. The van der Waals surface area contributed by atoms with Gasteiger partial charge < -0.3 is 4.74 Å². The Bertz CT molecular complexity index is 750. The number of anilines is 1. The zero-order valence-corrected chi connectivity index (χ0v) is 13.4. The highest BCUT2D eigenvalue weighted by Gasteiger charge is 2.19. The molecule has 0 fully saturated rings. The normalized spacial score (nSPS) is 11.2. The molecule has 0 heterocycles. The number of benzene rings is 2. The second-order valence-electron chi connectivity index (χ2n) is 4.99. The van der Waals surface area contributed by atoms with Crippen LogP contribution in [0.5, 0.6) is 5.75 Å². The first-order valence-corrected chi connectivity index (χ1v) is 8.07. The number of hydrogen-bond acceptors (Lipinski definition) is 3. The molecule has 112 valence electrons. The van der Waals surface area contributed by atoms with E-state index in [0.717, 1.165) is 11.1 Å². The Morgan fingerprint density at radius 2 is 1.52 bits per heavy atom. The van der Waals surface area contributed by atoms with Gasteiger partial charge in [-0.15, -0.1) is 0 Å². The van der Waals surface area contributed by atoms with Crippen molar-refractivity contribution in [3.63, 3.8) is 0 Å². The molecule has 4 nitrogen and oxygen atoms in total. The molecule has 0 saturated carbocycles. The first-order valence-electron chi connectivity index (χ1n) is 6.59. The van der Waals surface area contributed by atoms with Crippen molar-refractivity contribution >= 4 is 15.7 Å². The predicted molar refractivity (Wildman–Crippen MR) is 84.5 cm³/mol. The maximum absolute atomic E-state index is 12.5.